The Balaban J connectivity index is 1.10. The minimum atomic E-state index is -1.12. The minimum absolute atomic E-state index is 0.0183. The molecule has 0 saturated heterocycles. The van der Waals surface area contributed by atoms with Gasteiger partial charge in [-0.05, 0) is 140 Å². The molecule has 1 unspecified atom stereocenters. The number of aliphatic hydroxyl groups is 1. The fourth-order valence-corrected chi connectivity index (χ4v) is 15.0. The first-order valence-electron chi connectivity index (χ1n) is 23.0. The Morgan fingerprint density at radius 3 is 2.15 bits per heavy atom. The molecule has 6 aliphatic rings. The molecule has 0 aromatic heterocycles. The molecule has 11 atom stereocenters. The zero-order chi connectivity index (χ0) is 44.9. The number of carbonyl (C=O) groups is 5. The van der Waals surface area contributed by atoms with E-state index in [2.05, 4.69) is 59.1 Å². The van der Waals surface area contributed by atoms with Crippen molar-refractivity contribution in [2.75, 3.05) is 13.2 Å². The Bertz CT molecular complexity index is 2010. The normalized spacial score (nSPS) is 38.1. The van der Waals surface area contributed by atoms with Crippen LogP contribution in [0.3, 0.4) is 0 Å². The Kier molecular flexibility index (Phi) is 11.6. The van der Waals surface area contributed by atoms with Crippen molar-refractivity contribution in [3.8, 4) is 0 Å². The fourth-order valence-electron chi connectivity index (χ4n) is 14.9. The maximum Gasteiger partial charge on any atom is 0.309 e. The minimum Gasteiger partial charge on any atom is -0.481 e. The second-order valence-electron chi connectivity index (χ2n) is 22.9. The molecule has 6 aliphatic carbocycles. The zero-order valence-corrected chi connectivity index (χ0v) is 39.0. The molecule has 1 aromatic carbocycles. The Morgan fingerprint density at radius 2 is 1.54 bits per heavy atom. The lowest BCUT2D eigenvalue weighted by molar-refractivity contribution is -0.236. The van der Waals surface area contributed by atoms with E-state index in [9.17, 15) is 34.2 Å². The highest BCUT2D eigenvalue weighted by atomic mass is 35.5. The molecule has 0 spiro atoms. The van der Waals surface area contributed by atoms with Crippen LogP contribution < -0.4 is 10.6 Å². The van der Waals surface area contributed by atoms with E-state index in [4.69, 9.17) is 16.3 Å². The van der Waals surface area contributed by atoms with Gasteiger partial charge in [-0.15, -0.1) is 0 Å². The number of nitrogens with one attached hydrogen (secondary N) is 2. The monoisotopic (exact) mass is 862 g/mol. The van der Waals surface area contributed by atoms with Crippen molar-refractivity contribution in [2.45, 2.75) is 152 Å². The molecule has 0 heterocycles. The molecule has 61 heavy (non-hydrogen) atoms. The number of carboxylic acids is 1. The van der Waals surface area contributed by atoms with Crippen LogP contribution in [-0.2, 0) is 23.9 Å². The Morgan fingerprint density at radius 1 is 0.869 bits per heavy atom. The smallest absolute Gasteiger partial charge is 0.309 e. The maximum absolute atomic E-state index is 14.2. The molecular weight excluding hydrogens is 792 g/mol. The van der Waals surface area contributed by atoms with Gasteiger partial charge >= 0.3 is 11.9 Å². The van der Waals surface area contributed by atoms with Gasteiger partial charge in [0.2, 0.25) is 5.91 Å². The largest absolute Gasteiger partial charge is 0.481 e. The van der Waals surface area contributed by atoms with Gasteiger partial charge < -0.3 is 25.6 Å². The molecule has 0 bridgehead atoms. The number of esters is 1. The first-order chi connectivity index (χ1) is 28.3. The molecule has 0 radical (unpaired) electrons. The number of hydrogen-bond acceptors (Lipinski definition) is 7. The molecule has 336 valence electrons. The maximum atomic E-state index is 14.2. The summed E-state index contributed by atoms with van der Waals surface area (Å²) in [5.41, 5.74) is -0.149. The van der Waals surface area contributed by atoms with E-state index in [-0.39, 0.29) is 82.7 Å². The lowest BCUT2D eigenvalue weighted by atomic mass is 9.33. The van der Waals surface area contributed by atoms with Crippen LogP contribution in [0, 0.1) is 68.0 Å². The SMILES string of the molecule is CC(C)C1=C2[C@H]3CC[C@@H]4[C@@]5(C)CC[C@H](OC(=O)[C@H]6C[C@@H](C(=O)O)C6(C)C)C(C)(C)[C@@H]5CC[C@@]4(C)[C@]3(C)CC[C@@]2(CC(=O)NC(C)(CO)CNC(=O)c2ccc(Cl)cc2)CC1=O. The molecule has 5 saturated carbocycles. The van der Waals surface area contributed by atoms with Crippen molar-refractivity contribution in [3.63, 3.8) is 0 Å². The van der Waals surface area contributed by atoms with Crippen LogP contribution in [0.15, 0.2) is 35.4 Å². The van der Waals surface area contributed by atoms with E-state index in [1.54, 1.807) is 31.2 Å². The molecular formula is C50H71ClN2O8. The molecule has 2 amide bonds. The number of rotatable bonds is 11. The summed E-state index contributed by atoms with van der Waals surface area (Å²) in [7, 11) is 0. The summed E-state index contributed by atoms with van der Waals surface area (Å²) in [6.07, 6.45) is 7.98. The lowest BCUT2D eigenvalue weighted by Gasteiger charge is -2.72. The summed E-state index contributed by atoms with van der Waals surface area (Å²) >= 11 is 6.00. The molecule has 10 nitrogen and oxygen atoms in total. The predicted molar refractivity (Wildman–Crippen MR) is 234 cm³/mol. The van der Waals surface area contributed by atoms with Crippen molar-refractivity contribution in [1.29, 1.82) is 0 Å². The second kappa shape index (κ2) is 15.5. The number of carboxylic acid groups (broad SMARTS) is 1. The summed E-state index contributed by atoms with van der Waals surface area (Å²) in [5, 5.41) is 26.6. The summed E-state index contributed by atoms with van der Waals surface area (Å²) in [5.74, 6) is -1.49. The number of allylic oxidation sites excluding steroid dienone is 2. The number of aliphatic carboxylic acids is 1. The standard InChI is InChI=1S/C50H71ClN2O8/c1-28(2)39-34(55)24-50(25-38(56)53-46(7,27-54)26-52-41(57)29-11-13-30(51)14-12-29)22-21-48(9)31(40(39)50)15-16-36-47(8)19-18-37(45(5,6)35(47)17-20-49(36,48)10)61-43(60)33-23-32(42(58)59)44(33,3)4/h11-14,28,31-33,35-37,54H,15-27H2,1-10H3,(H,52,57)(H,53,56)(H,58,59)/t31-,32+,33-,35+,36-,37+,46?,47+,48-,49-,50+/m1/s1. The van der Waals surface area contributed by atoms with Crippen LogP contribution >= 0.6 is 11.6 Å². The second-order valence-corrected chi connectivity index (χ2v) is 23.3. The molecule has 1 aromatic rings. The third-order valence-electron chi connectivity index (χ3n) is 18.7. The van der Waals surface area contributed by atoms with E-state index in [0.29, 0.717) is 35.3 Å². The average Bonchev–Trinajstić information content (AvgIpc) is 3.46. The van der Waals surface area contributed by atoms with Gasteiger partial charge in [0.25, 0.3) is 5.91 Å². The molecule has 0 aliphatic heterocycles. The van der Waals surface area contributed by atoms with Gasteiger partial charge in [0, 0.05) is 40.8 Å². The third kappa shape index (κ3) is 7.20. The predicted octanol–water partition coefficient (Wildman–Crippen LogP) is 8.97. The van der Waals surface area contributed by atoms with E-state index < -0.39 is 34.2 Å². The van der Waals surface area contributed by atoms with Crippen molar-refractivity contribution < 1.29 is 38.9 Å². The molecule has 7 rings (SSSR count). The number of ketones is 1. The third-order valence-corrected chi connectivity index (χ3v) is 18.9. The van der Waals surface area contributed by atoms with Gasteiger partial charge in [-0.3, -0.25) is 24.0 Å². The Labute approximate surface area is 368 Å². The number of ether oxygens (including phenoxy) is 1. The van der Waals surface area contributed by atoms with E-state index in [0.717, 1.165) is 56.9 Å². The fraction of sp³-hybridized carbons (Fsp3) is 0.740. The molecule has 5 fully saturated rings. The van der Waals surface area contributed by atoms with Crippen LogP contribution in [0.25, 0.3) is 0 Å². The highest BCUT2D eigenvalue weighted by Gasteiger charge is 2.70. The van der Waals surface area contributed by atoms with E-state index in [1.807, 2.05) is 13.8 Å². The lowest BCUT2D eigenvalue weighted by Crippen LogP contribution is -2.66. The first kappa shape index (κ1) is 45.8. The zero-order valence-electron chi connectivity index (χ0n) is 38.3. The van der Waals surface area contributed by atoms with E-state index in [1.165, 1.54) is 5.57 Å². The highest BCUT2D eigenvalue weighted by Crippen LogP contribution is 2.77. The molecule has 11 heteroatoms. The van der Waals surface area contributed by atoms with Crippen LogP contribution in [0.2, 0.25) is 5.02 Å². The number of fused-ring (bicyclic) bond motifs is 7. The highest BCUT2D eigenvalue weighted by molar-refractivity contribution is 6.30. The number of halogens is 1. The van der Waals surface area contributed by atoms with Gasteiger partial charge in [0.15, 0.2) is 5.78 Å². The van der Waals surface area contributed by atoms with Gasteiger partial charge in [-0.2, -0.15) is 0 Å². The van der Waals surface area contributed by atoms with Gasteiger partial charge in [-0.1, -0.05) is 79.5 Å². The van der Waals surface area contributed by atoms with Crippen LogP contribution in [0.5, 0.6) is 0 Å². The van der Waals surface area contributed by atoms with Crippen molar-refractivity contribution in [3.05, 3.63) is 46.0 Å². The Hall–Kier alpha value is -3.24. The summed E-state index contributed by atoms with van der Waals surface area (Å²) < 4.78 is 6.41. The van der Waals surface area contributed by atoms with Gasteiger partial charge in [0.1, 0.15) is 6.10 Å². The first-order valence-corrected chi connectivity index (χ1v) is 23.3. The number of carbonyl (C=O) groups excluding carboxylic acids is 4. The van der Waals surface area contributed by atoms with Crippen LogP contribution in [0.4, 0.5) is 0 Å². The van der Waals surface area contributed by atoms with Crippen LogP contribution in [0.1, 0.15) is 150 Å². The number of aliphatic hydroxyl groups excluding tert-OH is 1. The topological polar surface area (TPSA) is 159 Å². The van der Waals surface area contributed by atoms with Crippen LogP contribution in [-0.4, -0.2) is 64.5 Å². The molecule has 4 N–H and O–H groups in total. The van der Waals surface area contributed by atoms with Crippen molar-refractivity contribution in [2.24, 2.45) is 68.0 Å². The summed E-state index contributed by atoms with van der Waals surface area (Å²) in [6, 6.07) is 6.53. The number of benzene rings is 1. The number of hydrogen-bond donors (Lipinski definition) is 4. The van der Waals surface area contributed by atoms with Crippen molar-refractivity contribution in [1.82, 2.24) is 10.6 Å². The summed E-state index contributed by atoms with van der Waals surface area (Å²) in [6.45, 7) is 21.4. The number of Topliss-reactive ketones (excluding diaryl/α,β-unsaturated/α-hetero) is 1. The quantitative estimate of drug-likeness (QED) is 0.161. The van der Waals surface area contributed by atoms with Crippen molar-refractivity contribution >= 4 is 41.1 Å². The summed E-state index contributed by atoms with van der Waals surface area (Å²) in [4.78, 5) is 66.8. The van der Waals surface area contributed by atoms with Gasteiger partial charge in [0.05, 0.1) is 24.0 Å². The van der Waals surface area contributed by atoms with Gasteiger partial charge in [-0.25, -0.2) is 0 Å². The number of amides is 2. The van der Waals surface area contributed by atoms with E-state index >= 15 is 0 Å². The average molecular weight is 864 g/mol.